The second kappa shape index (κ2) is 12.6. The normalized spacial score (nSPS) is 10.5. The van der Waals surface area contributed by atoms with E-state index in [-0.39, 0.29) is 6.61 Å². The summed E-state index contributed by atoms with van der Waals surface area (Å²) in [6, 6.07) is 20.4. The summed E-state index contributed by atoms with van der Waals surface area (Å²) in [5, 5.41) is 3.90. The minimum absolute atomic E-state index is 0.176. The highest BCUT2D eigenvalue weighted by molar-refractivity contribution is 5.91. The molecule has 1 amide bonds. The second-order valence-electron chi connectivity index (χ2n) is 7.09. The van der Waals surface area contributed by atoms with Gasteiger partial charge in [-0.25, -0.2) is 10.2 Å². The molecule has 0 radical (unpaired) electrons. The molecule has 0 spiro atoms. The van der Waals surface area contributed by atoms with Crippen molar-refractivity contribution in [1.82, 2.24) is 5.43 Å². The van der Waals surface area contributed by atoms with E-state index in [1.54, 1.807) is 79.9 Å². The first-order valence-electron chi connectivity index (χ1n) is 10.7. The number of hydrogen-bond donors (Lipinski definition) is 1. The molecule has 0 atom stereocenters. The number of carbonyl (C=O) groups is 2. The minimum Gasteiger partial charge on any atom is -0.497 e. The molecule has 0 bridgehead atoms. The highest BCUT2D eigenvalue weighted by Gasteiger charge is 2.09. The molecule has 0 aliphatic rings. The number of methoxy groups -OCH3 is 1. The molecule has 1 N–H and O–H groups in total. The first kappa shape index (κ1) is 24.3. The van der Waals surface area contributed by atoms with Crippen molar-refractivity contribution < 1.29 is 28.5 Å². The summed E-state index contributed by atoms with van der Waals surface area (Å²) in [7, 11) is 1.58. The van der Waals surface area contributed by atoms with Crippen molar-refractivity contribution in [2.75, 3.05) is 20.3 Å². The van der Waals surface area contributed by atoms with Crippen LogP contribution in [0.3, 0.4) is 0 Å². The Hall–Kier alpha value is -4.33. The van der Waals surface area contributed by atoms with Crippen molar-refractivity contribution >= 4 is 18.1 Å². The number of hydrogen-bond acceptors (Lipinski definition) is 7. The molecular weight excluding hydrogens is 436 g/mol. The van der Waals surface area contributed by atoms with E-state index in [0.29, 0.717) is 40.7 Å². The van der Waals surface area contributed by atoms with Gasteiger partial charge in [0.15, 0.2) is 6.61 Å². The maximum absolute atomic E-state index is 12.3. The van der Waals surface area contributed by atoms with Crippen LogP contribution in [-0.4, -0.2) is 38.4 Å². The van der Waals surface area contributed by atoms with E-state index in [1.807, 2.05) is 6.92 Å². The van der Waals surface area contributed by atoms with Crippen LogP contribution in [0.5, 0.6) is 23.0 Å². The summed E-state index contributed by atoms with van der Waals surface area (Å²) in [5.41, 5.74) is 3.54. The van der Waals surface area contributed by atoms with Gasteiger partial charge in [0, 0.05) is 0 Å². The Bertz CT molecular complexity index is 1090. The summed E-state index contributed by atoms with van der Waals surface area (Å²) >= 11 is 0. The predicted molar refractivity (Wildman–Crippen MR) is 128 cm³/mol. The van der Waals surface area contributed by atoms with Gasteiger partial charge in [-0.2, -0.15) is 5.10 Å². The third kappa shape index (κ3) is 7.67. The van der Waals surface area contributed by atoms with Crippen LogP contribution in [0.4, 0.5) is 0 Å². The van der Waals surface area contributed by atoms with Gasteiger partial charge in [-0.15, -0.1) is 0 Å². The van der Waals surface area contributed by atoms with E-state index in [2.05, 4.69) is 10.5 Å². The lowest BCUT2D eigenvalue weighted by Crippen LogP contribution is -2.24. The number of esters is 1. The average molecular weight is 463 g/mol. The van der Waals surface area contributed by atoms with E-state index < -0.39 is 11.9 Å². The van der Waals surface area contributed by atoms with E-state index in [4.69, 9.17) is 18.9 Å². The zero-order valence-corrected chi connectivity index (χ0v) is 19.0. The Labute approximate surface area is 198 Å². The quantitative estimate of drug-likeness (QED) is 0.198. The van der Waals surface area contributed by atoms with Gasteiger partial charge in [-0.1, -0.05) is 6.92 Å². The van der Waals surface area contributed by atoms with E-state index in [9.17, 15) is 9.59 Å². The van der Waals surface area contributed by atoms with Crippen LogP contribution in [0.25, 0.3) is 0 Å². The number of benzene rings is 3. The maximum atomic E-state index is 12.3. The first-order valence-corrected chi connectivity index (χ1v) is 10.7. The lowest BCUT2D eigenvalue weighted by Gasteiger charge is -2.07. The molecule has 0 saturated heterocycles. The zero-order chi connectivity index (χ0) is 24.2. The largest absolute Gasteiger partial charge is 0.497 e. The predicted octanol–water partition coefficient (Wildman–Crippen LogP) is 4.23. The molecule has 0 unspecified atom stereocenters. The van der Waals surface area contributed by atoms with Crippen LogP contribution < -0.4 is 24.4 Å². The fraction of sp³-hybridized carbons (Fsp3) is 0.192. The molecule has 3 aromatic carbocycles. The van der Waals surface area contributed by atoms with Crippen molar-refractivity contribution in [1.29, 1.82) is 0 Å². The Morgan fingerprint density at radius 3 is 2.06 bits per heavy atom. The third-order valence-corrected chi connectivity index (χ3v) is 4.49. The number of rotatable bonds is 11. The number of nitrogens with one attached hydrogen (secondary N) is 1. The Kier molecular flexibility index (Phi) is 9.04. The number of amides is 1. The Balaban J connectivity index is 1.43. The fourth-order valence-corrected chi connectivity index (χ4v) is 2.73. The Morgan fingerprint density at radius 1 is 0.824 bits per heavy atom. The second-order valence-corrected chi connectivity index (χ2v) is 7.09. The zero-order valence-electron chi connectivity index (χ0n) is 19.0. The smallest absolute Gasteiger partial charge is 0.343 e. The van der Waals surface area contributed by atoms with E-state index in [0.717, 1.165) is 6.42 Å². The summed E-state index contributed by atoms with van der Waals surface area (Å²) in [6.07, 6.45) is 2.39. The number of nitrogens with zero attached hydrogens (tertiary/aromatic N) is 1. The third-order valence-electron chi connectivity index (χ3n) is 4.49. The van der Waals surface area contributed by atoms with Crippen molar-refractivity contribution in [3.8, 4) is 23.0 Å². The van der Waals surface area contributed by atoms with Crippen LogP contribution >= 0.6 is 0 Å². The molecule has 3 rings (SSSR count). The van der Waals surface area contributed by atoms with Crippen molar-refractivity contribution in [2.24, 2.45) is 5.10 Å². The monoisotopic (exact) mass is 462 g/mol. The summed E-state index contributed by atoms with van der Waals surface area (Å²) in [4.78, 5) is 24.2. The van der Waals surface area contributed by atoms with Gasteiger partial charge < -0.3 is 18.9 Å². The molecule has 3 aromatic rings. The molecule has 34 heavy (non-hydrogen) atoms. The number of ether oxygens (including phenoxy) is 4. The van der Waals surface area contributed by atoms with Gasteiger partial charge in [0.2, 0.25) is 0 Å². The maximum Gasteiger partial charge on any atom is 0.343 e. The van der Waals surface area contributed by atoms with Gasteiger partial charge in [0.1, 0.15) is 23.0 Å². The summed E-state index contributed by atoms with van der Waals surface area (Å²) in [5.74, 6) is 1.49. The summed E-state index contributed by atoms with van der Waals surface area (Å²) in [6.45, 7) is 2.48. The molecule has 0 aliphatic carbocycles. The average Bonchev–Trinajstić information content (AvgIpc) is 2.88. The van der Waals surface area contributed by atoms with E-state index >= 15 is 0 Å². The van der Waals surface area contributed by atoms with Gasteiger partial charge in [-0.3, -0.25) is 4.79 Å². The van der Waals surface area contributed by atoms with Crippen molar-refractivity contribution in [3.05, 3.63) is 83.9 Å². The lowest BCUT2D eigenvalue weighted by atomic mass is 10.2. The lowest BCUT2D eigenvalue weighted by molar-refractivity contribution is -0.123. The molecule has 0 fully saturated rings. The van der Waals surface area contributed by atoms with Crippen LogP contribution in [0.2, 0.25) is 0 Å². The van der Waals surface area contributed by atoms with Crippen LogP contribution in [0.15, 0.2) is 77.9 Å². The van der Waals surface area contributed by atoms with Crippen LogP contribution in [0, 0.1) is 0 Å². The van der Waals surface area contributed by atoms with Gasteiger partial charge in [0.05, 0.1) is 25.5 Å². The molecule has 8 nitrogen and oxygen atoms in total. The van der Waals surface area contributed by atoms with Gasteiger partial charge >= 0.3 is 5.97 Å². The topological polar surface area (TPSA) is 95.5 Å². The number of hydrazone groups is 1. The molecule has 0 saturated carbocycles. The SMILES string of the molecule is CCCOc1ccc(C(=O)Oc2ccc(/C=N\NC(=O)COc3ccc(OC)cc3)cc2)cc1. The highest BCUT2D eigenvalue weighted by atomic mass is 16.5. The Morgan fingerprint density at radius 2 is 1.41 bits per heavy atom. The van der Waals surface area contributed by atoms with Crippen molar-refractivity contribution in [2.45, 2.75) is 13.3 Å². The van der Waals surface area contributed by atoms with Crippen molar-refractivity contribution in [3.63, 3.8) is 0 Å². The molecular formula is C26H26N2O6. The van der Waals surface area contributed by atoms with Gasteiger partial charge in [0.25, 0.3) is 5.91 Å². The molecule has 0 heterocycles. The highest BCUT2D eigenvalue weighted by Crippen LogP contribution is 2.18. The molecule has 0 aliphatic heterocycles. The minimum atomic E-state index is -0.465. The molecule has 8 heteroatoms. The van der Waals surface area contributed by atoms with E-state index in [1.165, 1.54) is 6.21 Å². The summed E-state index contributed by atoms with van der Waals surface area (Å²) < 4.78 is 21.4. The fourth-order valence-electron chi connectivity index (χ4n) is 2.73. The van der Waals surface area contributed by atoms with Gasteiger partial charge in [-0.05, 0) is 84.8 Å². The number of carbonyl (C=O) groups excluding carboxylic acids is 2. The van der Waals surface area contributed by atoms with Crippen LogP contribution in [0.1, 0.15) is 29.3 Å². The molecule has 0 aromatic heterocycles. The molecule has 176 valence electrons. The first-order chi connectivity index (χ1) is 16.6. The van der Waals surface area contributed by atoms with Crippen LogP contribution in [-0.2, 0) is 4.79 Å². The standard InChI is InChI=1S/C26H26N2O6/c1-3-16-32-22-10-6-20(7-11-22)26(30)34-24-8-4-19(5-9-24)17-27-28-25(29)18-33-23-14-12-21(31-2)13-15-23/h4-15,17H,3,16,18H2,1-2H3,(H,28,29)/b27-17-.